The van der Waals surface area contributed by atoms with Gasteiger partial charge in [0.15, 0.2) is 11.7 Å². The van der Waals surface area contributed by atoms with Gasteiger partial charge in [-0.3, -0.25) is 0 Å². The first-order chi connectivity index (χ1) is 10.0. The van der Waals surface area contributed by atoms with Crippen molar-refractivity contribution in [2.45, 2.75) is 26.5 Å². The molecule has 0 unspecified atom stereocenters. The average Bonchev–Trinajstić information content (AvgIpc) is 2.93. The largest absolute Gasteiger partial charge is 0.485 e. The van der Waals surface area contributed by atoms with E-state index in [4.69, 9.17) is 27.3 Å². The zero-order valence-corrected chi connectivity index (χ0v) is 12.4. The molecule has 0 radical (unpaired) electrons. The van der Waals surface area contributed by atoms with Crippen LogP contribution in [0.2, 0.25) is 5.02 Å². The average molecular weight is 310 g/mol. The quantitative estimate of drug-likeness (QED) is 0.382. The lowest BCUT2D eigenvalue weighted by Crippen LogP contribution is -2.16. The predicted octanol–water partition coefficient (Wildman–Crippen LogP) is 2.19. The molecule has 0 aliphatic heterocycles. The number of halogens is 1. The summed E-state index contributed by atoms with van der Waals surface area (Å²) in [5.41, 5.74) is 6.07. The topological polar surface area (TPSA) is 98.5 Å². The van der Waals surface area contributed by atoms with Gasteiger partial charge in [-0.1, -0.05) is 16.8 Å². The van der Waals surface area contributed by atoms with Crippen LogP contribution in [0.3, 0.4) is 0 Å². The summed E-state index contributed by atoms with van der Waals surface area (Å²) in [6, 6.07) is 5.04. The molecule has 0 aliphatic carbocycles. The first kappa shape index (κ1) is 15.1. The Labute approximate surface area is 127 Å². The predicted molar refractivity (Wildman–Crippen MR) is 78.7 cm³/mol. The van der Waals surface area contributed by atoms with E-state index < -0.39 is 0 Å². The Kier molecular flexibility index (Phi) is 4.64. The molecule has 1 aromatic heterocycles. The Bertz CT molecular complexity index is 654. The van der Waals surface area contributed by atoms with Gasteiger partial charge < -0.3 is 15.7 Å². The number of oxime groups is 1. The standard InChI is InChI=1S/C13H16ClN5O2/c1-8(2)19-12(16-7-17-19)6-21-11-5-9(14)3-4-10(11)13(15)18-20/h3-5,7-8,20H,6H2,1-2H3,(H2,15,18). The molecule has 0 bridgehead atoms. The van der Waals surface area contributed by atoms with E-state index in [1.807, 2.05) is 13.8 Å². The summed E-state index contributed by atoms with van der Waals surface area (Å²) in [6.45, 7) is 4.20. The number of nitrogens with two attached hydrogens (primary N) is 1. The van der Waals surface area contributed by atoms with Gasteiger partial charge in [-0.25, -0.2) is 9.67 Å². The first-order valence-electron chi connectivity index (χ1n) is 6.31. The number of nitrogens with zero attached hydrogens (tertiary/aromatic N) is 4. The molecule has 2 aromatic rings. The molecule has 0 saturated carbocycles. The Balaban J connectivity index is 2.23. The summed E-state index contributed by atoms with van der Waals surface area (Å²) in [5.74, 6) is 1.04. The molecule has 0 fully saturated rings. The molecule has 21 heavy (non-hydrogen) atoms. The van der Waals surface area contributed by atoms with Crippen molar-refractivity contribution in [3.8, 4) is 5.75 Å². The number of rotatable bonds is 5. The maximum absolute atomic E-state index is 8.80. The molecule has 0 amide bonds. The van der Waals surface area contributed by atoms with Crippen molar-refractivity contribution in [1.29, 1.82) is 0 Å². The third kappa shape index (κ3) is 3.43. The van der Waals surface area contributed by atoms with Crippen molar-refractivity contribution in [1.82, 2.24) is 14.8 Å². The summed E-state index contributed by atoms with van der Waals surface area (Å²) < 4.78 is 7.45. The summed E-state index contributed by atoms with van der Waals surface area (Å²) >= 11 is 5.95. The van der Waals surface area contributed by atoms with Crippen LogP contribution in [-0.2, 0) is 6.61 Å². The van der Waals surface area contributed by atoms with Gasteiger partial charge in [0.25, 0.3) is 0 Å². The smallest absolute Gasteiger partial charge is 0.173 e. The lowest BCUT2D eigenvalue weighted by molar-refractivity contribution is 0.281. The Hall–Kier alpha value is -2.28. The second-order valence-corrected chi connectivity index (χ2v) is 5.07. The van der Waals surface area contributed by atoms with Gasteiger partial charge in [0.05, 0.1) is 5.56 Å². The molecule has 7 nitrogen and oxygen atoms in total. The van der Waals surface area contributed by atoms with E-state index in [9.17, 15) is 0 Å². The van der Waals surface area contributed by atoms with E-state index in [1.165, 1.54) is 6.33 Å². The number of benzene rings is 1. The molecule has 0 aliphatic rings. The SMILES string of the molecule is CC(C)n1ncnc1COc1cc(Cl)ccc1/C(N)=N/O. The van der Waals surface area contributed by atoms with E-state index in [0.29, 0.717) is 22.2 Å². The van der Waals surface area contributed by atoms with Crippen molar-refractivity contribution >= 4 is 17.4 Å². The van der Waals surface area contributed by atoms with Crippen LogP contribution in [0.15, 0.2) is 29.7 Å². The van der Waals surface area contributed by atoms with Crippen molar-refractivity contribution in [2.24, 2.45) is 10.9 Å². The minimum absolute atomic E-state index is 0.0491. The summed E-state index contributed by atoms with van der Waals surface area (Å²) in [4.78, 5) is 4.15. The van der Waals surface area contributed by atoms with Crippen LogP contribution in [0.1, 0.15) is 31.3 Å². The van der Waals surface area contributed by atoms with Gasteiger partial charge in [-0.2, -0.15) is 5.10 Å². The van der Waals surface area contributed by atoms with E-state index in [-0.39, 0.29) is 18.5 Å². The maximum atomic E-state index is 8.80. The summed E-state index contributed by atoms with van der Waals surface area (Å²) in [7, 11) is 0. The molecule has 0 saturated heterocycles. The Morgan fingerprint density at radius 2 is 2.29 bits per heavy atom. The Morgan fingerprint density at radius 3 is 2.95 bits per heavy atom. The maximum Gasteiger partial charge on any atom is 0.173 e. The molecule has 0 spiro atoms. The van der Waals surface area contributed by atoms with Gasteiger partial charge in [0, 0.05) is 11.1 Å². The molecule has 3 N–H and O–H groups in total. The summed E-state index contributed by atoms with van der Waals surface area (Å²) in [5, 5.41) is 16.4. The van der Waals surface area contributed by atoms with Crippen LogP contribution in [0, 0.1) is 0 Å². The highest BCUT2D eigenvalue weighted by Crippen LogP contribution is 2.24. The second kappa shape index (κ2) is 6.45. The Morgan fingerprint density at radius 1 is 1.52 bits per heavy atom. The number of aromatic nitrogens is 3. The minimum atomic E-state index is -0.0491. The van der Waals surface area contributed by atoms with E-state index in [0.717, 1.165) is 0 Å². The highest BCUT2D eigenvalue weighted by molar-refractivity contribution is 6.30. The van der Waals surface area contributed by atoms with Crippen molar-refractivity contribution in [2.75, 3.05) is 0 Å². The zero-order valence-electron chi connectivity index (χ0n) is 11.7. The van der Waals surface area contributed by atoms with Crippen LogP contribution >= 0.6 is 11.6 Å². The van der Waals surface area contributed by atoms with Gasteiger partial charge >= 0.3 is 0 Å². The van der Waals surface area contributed by atoms with E-state index >= 15 is 0 Å². The van der Waals surface area contributed by atoms with E-state index in [2.05, 4.69) is 15.2 Å². The number of hydrogen-bond acceptors (Lipinski definition) is 5. The molecule has 8 heteroatoms. The van der Waals surface area contributed by atoms with Crippen LogP contribution in [0.25, 0.3) is 0 Å². The first-order valence-corrected chi connectivity index (χ1v) is 6.69. The van der Waals surface area contributed by atoms with Crippen molar-refractivity contribution in [3.05, 3.63) is 40.9 Å². The van der Waals surface area contributed by atoms with Crippen molar-refractivity contribution in [3.63, 3.8) is 0 Å². The van der Waals surface area contributed by atoms with Crippen LogP contribution in [-0.4, -0.2) is 25.8 Å². The highest BCUT2D eigenvalue weighted by atomic mass is 35.5. The van der Waals surface area contributed by atoms with Crippen LogP contribution in [0.5, 0.6) is 5.75 Å². The molecule has 0 atom stereocenters. The zero-order chi connectivity index (χ0) is 15.4. The normalized spacial score (nSPS) is 11.9. The molecule has 2 rings (SSSR count). The van der Waals surface area contributed by atoms with E-state index in [1.54, 1.807) is 22.9 Å². The molecular formula is C13H16ClN5O2. The lowest BCUT2D eigenvalue weighted by Gasteiger charge is -2.13. The third-order valence-electron chi connectivity index (χ3n) is 2.82. The van der Waals surface area contributed by atoms with Gasteiger partial charge in [0.2, 0.25) is 0 Å². The molecular weight excluding hydrogens is 294 g/mol. The molecule has 1 aromatic carbocycles. The number of ether oxygens (including phenoxy) is 1. The number of amidine groups is 1. The molecule has 112 valence electrons. The third-order valence-corrected chi connectivity index (χ3v) is 3.06. The number of hydrogen-bond donors (Lipinski definition) is 2. The summed E-state index contributed by atoms with van der Waals surface area (Å²) in [6.07, 6.45) is 1.47. The van der Waals surface area contributed by atoms with Crippen LogP contribution in [0.4, 0.5) is 0 Å². The molecule has 1 heterocycles. The lowest BCUT2D eigenvalue weighted by atomic mass is 10.2. The second-order valence-electron chi connectivity index (χ2n) is 4.63. The fourth-order valence-corrected chi connectivity index (χ4v) is 1.99. The van der Waals surface area contributed by atoms with Crippen LogP contribution < -0.4 is 10.5 Å². The van der Waals surface area contributed by atoms with Crippen molar-refractivity contribution < 1.29 is 9.94 Å². The minimum Gasteiger partial charge on any atom is -0.485 e. The highest BCUT2D eigenvalue weighted by Gasteiger charge is 2.12. The van der Waals surface area contributed by atoms with Gasteiger partial charge in [0.1, 0.15) is 18.7 Å². The fourth-order valence-electron chi connectivity index (χ4n) is 1.83. The van der Waals surface area contributed by atoms with Gasteiger partial charge in [-0.15, -0.1) is 0 Å². The monoisotopic (exact) mass is 309 g/mol. The fraction of sp³-hybridized carbons (Fsp3) is 0.308. The van der Waals surface area contributed by atoms with Gasteiger partial charge in [-0.05, 0) is 32.0 Å².